The van der Waals surface area contributed by atoms with Gasteiger partial charge in [0.2, 0.25) is 5.91 Å². The van der Waals surface area contributed by atoms with Gasteiger partial charge in [0.15, 0.2) is 0 Å². The monoisotopic (exact) mass is 473 g/mol. The molecular weight excluding hydrogens is 456 g/mol. The largest absolute Gasteiger partial charge is 0.497 e. The zero-order valence-corrected chi connectivity index (χ0v) is 18.2. The Balaban J connectivity index is 1.77. The fourth-order valence-corrected chi connectivity index (χ4v) is 4.20. The number of nitrogens with zero attached hydrogens (tertiary/aromatic N) is 2. The molecule has 2 aromatic heterocycles. The number of fused-ring (bicyclic) bond motifs is 1. The van der Waals surface area contributed by atoms with E-state index >= 15 is 0 Å². The SMILES string of the molecule is COc1ccc(NC(=O)Cn2c(=O)n(-c3cc(F)cc(F)c3)c(=O)c3sccc32)c(OC)c1. The van der Waals surface area contributed by atoms with Crippen LogP contribution in [0.15, 0.2) is 57.4 Å². The first-order valence-corrected chi connectivity index (χ1v) is 10.4. The van der Waals surface area contributed by atoms with Gasteiger partial charge in [-0.1, -0.05) is 0 Å². The molecule has 4 rings (SSSR count). The van der Waals surface area contributed by atoms with E-state index in [0.717, 1.165) is 28.0 Å². The average molecular weight is 473 g/mol. The molecule has 2 heterocycles. The number of methoxy groups -OCH3 is 2. The summed E-state index contributed by atoms with van der Waals surface area (Å²) in [5.74, 6) is -1.60. The second-order valence-corrected chi connectivity index (χ2v) is 7.80. The molecule has 0 fully saturated rings. The molecule has 0 saturated heterocycles. The lowest BCUT2D eigenvalue weighted by atomic mass is 10.2. The van der Waals surface area contributed by atoms with Gasteiger partial charge in [0.1, 0.15) is 34.4 Å². The normalized spacial score (nSPS) is 10.9. The highest BCUT2D eigenvalue weighted by Gasteiger charge is 2.19. The Bertz CT molecular complexity index is 1470. The van der Waals surface area contributed by atoms with Crippen LogP contribution in [0.25, 0.3) is 15.9 Å². The summed E-state index contributed by atoms with van der Waals surface area (Å²) in [4.78, 5) is 38.9. The van der Waals surface area contributed by atoms with Crippen LogP contribution in [0.5, 0.6) is 11.5 Å². The summed E-state index contributed by atoms with van der Waals surface area (Å²) < 4.78 is 39.8. The van der Waals surface area contributed by atoms with Crippen molar-refractivity contribution in [3.8, 4) is 17.2 Å². The molecule has 11 heteroatoms. The molecule has 0 saturated carbocycles. The standard InChI is InChI=1S/C22H17F2N3O5S/c1-31-15-3-4-16(18(10-15)32-2)25-19(28)11-26-17-5-6-33-20(17)21(29)27(22(26)30)14-8-12(23)7-13(24)9-14/h3-10H,11H2,1-2H3,(H,25,28). The van der Waals surface area contributed by atoms with Gasteiger partial charge >= 0.3 is 5.69 Å². The van der Waals surface area contributed by atoms with Gasteiger partial charge in [0.25, 0.3) is 5.56 Å². The molecule has 1 amide bonds. The number of hydrogen-bond donors (Lipinski definition) is 1. The number of carbonyl (C=O) groups is 1. The minimum atomic E-state index is -0.946. The molecule has 0 unspecified atom stereocenters. The van der Waals surface area contributed by atoms with Gasteiger partial charge < -0.3 is 14.8 Å². The van der Waals surface area contributed by atoms with E-state index in [1.165, 1.54) is 20.3 Å². The predicted molar refractivity (Wildman–Crippen MR) is 120 cm³/mol. The van der Waals surface area contributed by atoms with Crippen molar-refractivity contribution in [3.05, 3.63) is 80.3 Å². The number of aromatic nitrogens is 2. The Morgan fingerprint density at radius 3 is 2.42 bits per heavy atom. The lowest BCUT2D eigenvalue weighted by Crippen LogP contribution is -2.40. The number of carbonyl (C=O) groups excluding carboxylic acids is 1. The van der Waals surface area contributed by atoms with E-state index in [1.807, 2.05) is 0 Å². The second-order valence-electron chi connectivity index (χ2n) is 6.89. The highest BCUT2D eigenvalue weighted by molar-refractivity contribution is 7.17. The van der Waals surface area contributed by atoms with Crippen LogP contribution in [-0.4, -0.2) is 29.3 Å². The number of rotatable bonds is 6. The van der Waals surface area contributed by atoms with Gasteiger partial charge in [0, 0.05) is 12.1 Å². The van der Waals surface area contributed by atoms with E-state index in [0.29, 0.717) is 27.8 Å². The molecule has 0 atom stereocenters. The van der Waals surface area contributed by atoms with Gasteiger partial charge in [-0.3, -0.25) is 14.2 Å². The van der Waals surface area contributed by atoms with Crippen LogP contribution >= 0.6 is 11.3 Å². The number of hydrogen-bond acceptors (Lipinski definition) is 6. The average Bonchev–Trinajstić information content (AvgIpc) is 3.26. The summed E-state index contributed by atoms with van der Waals surface area (Å²) in [6.07, 6.45) is 0. The fraction of sp³-hybridized carbons (Fsp3) is 0.136. The molecule has 0 radical (unpaired) electrons. The third kappa shape index (κ3) is 4.22. The second kappa shape index (κ2) is 8.87. The summed E-state index contributed by atoms with van der Waals surface area (Å²) in [6.45, 7) is -0.459. The number of benzene rings is 2. The smallest absolute Gasteiger partial charge is 0.336 e. The van der Waals surface area contributed by atoms with Gasteiger partial charge in [-0.25, -0.2) is 18.1 Å². The Morgan fingerprint density at radius 2 is 1.76 bits per heavy atom. The van der Waals surface area contributed by atoms with E-state index < -0.39 is 35.3 Å². The number of anilines is 1. The zero-order chi connectivity index (χ0) is 23.7. The maximum atomic E-state index is 13.8. The topological polar surface area (TPSA) is 91.6 Å². The molecule has 8 nitrogen and oxygen atoms in total. The number of thiophene rings is 1. The van der Waals surface area contributed by atoms with Crippen LogP contribution in [0.3, 0.4) is 0 Å². The van der Waals surface area contributed by atoms with Crippen molar-refractivity contribution < 1.29 is 23.0 Å². The van der Waals surface area contributed by atoms with Crippen molar-refractivity contribution in [2.75, 3.05) is 19.5 Å². The van der Waals surface area contributed by atoms with Gasteiger partial charge in [-0.2, -0.15) is 0 Å². The van der Waals surface area contributed by atoms with Crippen molar-refractivity contribution in [1.82, 2.24) is 9.13 Å². The molecule has 0 bridgehead atoms. The molecule has 170 valence electrons. The fourth-order valence-electron chi connectivity index (χ4n) is 3.37. The Morgan fingerprint density at radius 1 is 1.03 bits per heavy atom. The molecule has 0 aliphatic heterocycles. The van der Waals surface area contributed by atoms with Crippen LogP contribution in [0.4, 0.5) is 14.5 Å². The van der Waals surface area contributed by atoms with Crippen molar-refractivity contribution in [1.29, 1.82) is 0 Å². The molecule has 1 N–H and O–H groups in total. The molecule has 33 heavy (non-hydrogen) atoms. The molecule has 0 aliphatic carbocycles. The Hall–Kier alpha value is -3.99. The third-order valence-corrected chi connectivity index (χ3v) is 5.74. The minimum absolute atomic E-state index is 0.161. The summed E-state index contributed by atoms with van der Waals surface area (Å²) >= 11 is 1.05. The van der Waals surface area contributed by atoms with Crippen LogP contribution < -0.4 is 26.0 Å². The minimum Gasteiger partial charge on any atom is -0.497 e. The van der Waals surface area contributed by atoms with Gasteiger partial charge in [0.05, 0.1) is 31.1 Å². The molecular formula is C22H17F2N3O5S. The third-order valence-electron chi connectivity index (χ3n) is 4.84. The van der Waals surface area contributed by atoms with Crippen LogP contribution in [-0.2, 0) is 11.3 Å². The van der Waals surface area contributed by atoms with Crippen molar-refractivity contribution in [2.24, 2.45) is 0 Å². The lowest BCUT2D eigenvalue weighted by molar-refractivity contribution is -0.116. The highest BCUT2D eigenvalue weighted by atomic mass is 32.1. The van der Waals surface area contributed by atoms with E-state index in [1.54, 1.807) is 23.6 Å². The quantitative estimate of drug-likeness (QED) is 0.465. The van der Waals surface area contributed by atoms with E-state index in [9.17, 15) is 23.2 Å². The van der Waals surface area contributed by atoms with Crippen molar-refractivity contribution in [3.63, 3.8) is 0 Å². The first kappa shape index (κ1) is 22.2. The van der Waals surface area contributed by atoms with Gasteiger partial charge in [-0.05, 0) is 35.7 Å². The summed E-state index contributed by atoms with van der Waals surface area (Å²) in [7, 11) is 2.92. The first-order chi connectivity index (χ1) is 15.8. The van der Waals surface area contributed by atoms with Crippen LogP contribution in [0, 0.1) is 11.6 Å². The summed E-state index contributed by atoms with van der Waals surface area (Å²) in [6, 6.07) is 8.69. The molecule has 0 spiro atoms. The number of halogens is 2. The maximum Gasteiger partial charge on any atom is 0.336 e. The van der Waals surface area contributed by atoms with E-state index in [4.69, 9.17) is 9.47 Å². The number of amides is 1. The van der Waals surface area contributed by atoms with Crippen LogP contribution in [0.2, 0.25) is 0 Å². The molecule has 4 aromatic rings. The Kier molecular flexibility index (Phi) is 5.97. The van der Waals surface area contributed by atoms with Crippen molar-refractivity contribution in [2.45, 2.75) is 6.54 Å². The molecule has 2 aromatic carbocycles. The number of nitrogens with one attached hydrogen (secondary N) is 1. The van der Waals surface area contributed by atoms with Crippen molar-refractivity contribution >= 4 is 33.1 Å². The highest BCUT2D eigenvalue weighted by Crippen LogP contribution is 2.29. The summed E-state index contributed by atoms with van der Waals surface area (Å²) in [5, 5.41) is 4.24. The lowest BCUT2D eigenvalue weighted by Gasteiger charge is -2.14. The molecule has 0 aliphatic rings. The zero-order valence-electron chi connectivity index (χ0n) is 17.4. The Labute approximate surface area is 189 Å². The van der Waals surface area contributed by atoms with Gasteiger partial charge in [-0.15, -0.1) is 11.3 Å². The number of ether oxygens (including phenoxy) is 2. The van der Waals surface area contributed by atoms with E-state index in [-0.39, 0.29) is 15.9 Å². The first-order valence-electron chi connectivity index (χ1n) is 9.53. The maximum absolute atomic E-state index is 13.8. The van der Waals surface area contributed by atoms with Crippen LogP contribution in [0.1, 0.15) is 0 Å². The predicted octanol–water partition coefficient (Wildman–Crippen LogP) is 3.15. The summed E-state index contributed by atoms with van der Waals surface area (Å²) in [5.41, 5.74) is -1.33. The van der Waals surface area contributed by atoms with E-state index in [2.05, 4.69) is 5.32 Å².